The molecule has 1 fully saturated rings. The first-order chi connectivity index (χ1) is 7.27. The summed E-state index contributed by atoms with van der Waals surface area (Å²) >= 11 is 1.93. The molecule has 0 saturated heterocycles. The summed E-state index contributed by atoms with van der Waals surface area (Å²) in [6, 6.07) is 0.773. The van der Waals surface area contributed by atoms with E-state index < -0.39 is 0 Å². The van der Waals surface area contributed by atoms with E-state index in [1.807, 2.05) is 11.8 Å². The molecule has 0 radical (unpaired) electrons. The molecule has 1 aliphatic carbocycles. The molecule has 0 aromatic heterocycles. The summed E-state index contributed by atoms with van der Waals surface area (Å²) in [6.07, 6.45) is 8.47. The van der Waals surface area contributed by atoms with Gasteiger partial charge < -0.3 is 10.0 Å². The SMILES string of the molecule is CSCCCN(C)C1CCC(CO)CC1. The second-order valence-corrected chi connectivity index (χ2v) is 5.67. The van der Waals surface area contributed by atoms with E-state index in [1.54, 1.807) is 0 Å². The predicted molar refractivity (Wildman–Crippen MR) is 68.5 cm³/mol. The molecule has 1 N–H and O–H groups in total. The third-order valence-electron chi connectivity index (χ3n) is 3.56. The monoisotopic (exact) mass is 231 g/mol. The number of hydrogen-bond acceptors (Lipinski definition) is 3. The van der Waals surface area contributed by atoms with Crippen molar-refractivity contribution in [2.45, 2.75) is 38.1 Å². The van der Waals surface area contributed by atoms with Crippen molar-refractivity contribution in [3.8, 4) is 0 Å². The van der Waals surface area contributed by atoms with Gasteiger partial charge in [0.05, 0.1) is 0 Å². The van der Waals surface area contributed by atoms with Crippen LogP contribution in [0.1, 0.15) is 32.1 Å². The molecule has 90 valence electrons. The molecule has 1 aliphatic rings. The zero-order valence-corrected chi connectivity index (χ0v) is 10.9. The van der Waals surface area contributed by atoms with Crippen molar-refractivity contribution in [1.29, 1.82) is 0 Å². The largest absolute Gasteiger partial charge is 0.396 e. The molecule has 15 heavy (non-hydrogen) atoms. The molecule has 0 aromatic rings. The summed E-state index contributed by atoms with van der Waals surface area (Å²) in [7, 11) is 2.25. The quantitative estimate of drug-likeness (QED) is 0.709. The Morgan fingerprint density at radius 3 is 2.47 bits per heavy atom. The minimum absolute atomic E-state index is 0.392. The van der Waals surface area contributed by atoms with E-state index in [1.165, 1.54) is 44.4 Å². The van der Waals surface area contributed by atoms with Crippen LogP contribution in [-0.4, -0.2) is 48.3 Å². The number of nitrogens with zero attached hydrogens (tertiary/aromatic N) is 1. The molecule has 2 nitrogen and oxygen atoms in total. The van der Waals surface area contributed by atoms with Crippen molar-refractivity contribution in [3.05, 3.63) is 0 Å². The predicted octanol–water partition coefficient (Wildman–Crippen LogP) is 2.22. The third kappa shape index (κ3) is 4.75. The fourth-order valence-electron chi connectivity index (χ4n) is 2.41. The van der Waals surface area contributed by atoms with Crippen molar-refractivity contribution < 1.29 is 5.11 Å². The van der Waals surface area contributed by atoms with Crippen LogP contribution in [0, 0.1) is 5.92 Å². The maximum absolute atomic E-state index is 9.07. The molecule has 0 spiro atoms. The van der Waals surface area contributed by atoms with Gasteiger partial charge in [-0.15, -0.1) is 0 Å². The van der Waals surface area contributed by atoms with Gasteiger partial charge in [0.2, 0.25) is 0 Å². The van der Waals surface area contributed by atoms with Crippen LogP contribution < -0.4 is 0 Å². The molecular weight excluding hydrogens is 206 g/mol. The number of aliphatic hydroxyl groups excluding tert-OH is 1. The first-order valence-electron chi connectivity index (χ1n) is 6.08. The van der Waals surface area contributed by atoms with Crippen LogP contribution in [0.3, 0.4) is 0 Å². The maximum atomic E-state index is 9.07. The van der Waals surface area contributed by atoms with E-state index in [-0.39, 0.29) is 0 Å². The lowest BCUT2D eigenvalue weighted by Crippen LogP contribution is -2.36. The number of thioether (sulfide) groups is 1. The van der Waals surface area contributed by atoms with Crippen molar-refractivity contribution in [1.82, 2.24) is 4.90 Å². The Kier molecular flexibility index (Phi) is 6.69. The topological polar surface area (TPSA) is 23.5 Å². The fraction of sp³-hybridized carbons (Fsp3) is 1.00. The lowest BCUT2D eigenvalue weighted by molar-refractivity contribution is 0.128. The molecule has 3 heteroatoms. The summed E-state index contributed by atoms with van der Waals surface area (Å²) in [6.45, 7) is 1.62. The van der Waals surface area contributed by atoms with E-state index in [0.717, 1.165) is 6.04 Å². The Labute approximate surface area is 98.4 Å². The van der Waals surface area contributed by atoms with Gasteiger partial charge in [-0.25, -0.2) is 0 Å². The molecular formula is C12H25NOS. The van der Waals surface area contributed by atoms with Crippen molar-refractivity contribution in [2.75, 3.05) is 32.2 Å². The van der Waals surface area contributed by atoms with Crippen molar-refractivity contribution >= 4 is 11.8 Å². The van der Waals surface area contributed by atoms with Crippen LogP contribution in [0.4, 0.5) is 0 Å². The maximum Gasteiger partial charge on any atom is 0.0459 e. The van der Waals surface area contributed by atoms with Gasteiger partial charge in [0.15, 0.2) is 0 Å². The van der Waals surface area contributed by atoms with Crippen molar-refractivity contribution in [2.24, 2.45) is 5.92 Å². The van der Waals surface area contributed by atoms with Crippen LogP contribution in [0.15, 0.2) is 0 Å². The Morgan fingerprint density at radius 2 is 1.93 bits per heavy atom. The lowest BCUT2D eigenvalue weighted by Gasteiger charge is -2.34. The van der Waals surface area contributed by atoms with E-state index in [2.05, 4.69) is 18.2 Å². The molecule has 0 aliphatic heterocycles. The van der Waals surface area contributed by atoms with Crippen LogP contribution in [-0.2, 0) is 0 Å². The molecule has 0 aromatic carbocycles. The average Bonchev–Trinajstić information content (AvgIpc) is 2.29. The highest BCUT2D eigenvalue weighted by Crippen LogP contribution is 2.26. The van der Waals surface area contributed by atoms with Gasteiger partial charge in [-0.1, -0.05) is 0 Å². The van der Waals surface area contributed by atoms with Gasteiger partial charge in [-0.3, -0.25) is 0 Å². The van der Waals surface area contributed by atoms with E-state index in [9.17, 15) is 0 Å². The Hall–Kier alpha value is 0.270. The second-order valence-electron chi connectivity index (χ2n) is 4.68. The standard InChI is InChI=1S/C12H25NOS/c1-13(8-3-9-15-2)12-6-4-11(10-14)5-7-12/h11-12,14H,3-10H2,1-2H3. The summed E-state index contributed by atoms with van der Waals surface area (Å²) < 4.78 is 0. The lowest BCUT2D eigenvalue weighted by atomic mass is 9.86. The minimum atomic E-state index is 0.392. The summed E-state index contributed by atoms with van der Waals surface area (Å²) in [4.78, 5) is 2.52. The van der Waals surface area contributed by atoms with E-state index >= 15 is 0 Å². The van der Waals surface area contributed by atoms with Crippen LogP contribution in [0.25, 0.3) is 0 Å². The van der Waals surface area contributed by atoms with Gasteiger partial charge in [0.1, 0.15) is 0 Å². The highest BCUT2D eigenvalue weighted by atomic mass is 32.2. The van der Waals surface area contributed by atoms with Crippen LogP contribution >= 0.6 is 11.8 Å². The second kappa shape index (κ2) is 7.53. The highest BCUT2D eigenvalue weighted by molar-refractivity contribution is 7.98. The molecule has 0 heterocycles. The van der Waals surface area contributed by atoms with E-state index in [0.29, 0.717) is 12.5 Å². The van der Waals surface area contributed by atoms with Crippen LogP contribution in [0.5, 0.6) is 0 Å². The normalized spacial score (nSPS) is 27.2. The van der Waals surface area contributed by atoms with E-state index in [4.69, 9.17) is 5.11 Å². The van der Waals surface area contributed by atoms with Gasteiger partial charge in [-0.2, -0.15) is 11.8 Å². The molecule has 0 bridgehead atoms. The zero-order chi connectivity index (χ0) is 11.1. The van der Waals surface area contributed by atoms with Gasteiger partial charge in [0.25, 0.3) is 0 Å². The number of hydrogen-bond donors (Lipinski definition) is 1. The van der Waals surface area contributed by atoms with Gasteiger partial charge in [-0.05, 0) is 63.6 Å². The molecule has 1 rings (SSSR count). The smallest absolute Gasteiger partial charge is 0.0459 e. The summed E-state index contributed by atoms with van der Waals surface area (Å²) in [5.41, 5.74) is 0. The first-order valence-corrected chi connectivity index (χ1v) is 7.47. The minimum Gasteiger partial charge on any atom is -0.396 e. The zero-order valence-electron chi connectivity index (χ0n) is 10.1. The Balaban J connectivity index is 2.15. The molecule has 0 unspecified atom stereocenters. The van der Waals surface area contributed by atoms with Gasteiger partial charge in [0, 0.05) is 12.6 Å². The van der Waals surface area contributed by atoms with Crippen LogP contribution in [0.2, 0.25) is 0 Å². The average molecular weight is 231 g/mol. The molecule has 1 saturated carbocycles. The summed E-state index contributed by atoms with van der Waals surface area (Å²) in [5, 5.41) is 9.07. The summed E-state index contributed by atoms with van der Waals surface area (Å²) in [5.74, 6) is 1.86. The number of rotatable bonds is 6. The molecule has 0 atom stereocenters. The Bertz CT molecular complexity index is 158. The first kappa shape index (κ1) is 13.3. The fourth-order valence-corrected chi connectivity index (χ4v) is 2.83. The Morgan fingerprint density at radius 1 is 1.27 bits per heavy atom. The third-order valence-corrected chi connectivity index (χ3v) is 4.25. The number of aliphatic hydroxyl groups is 1. The molecule has 0 amide bonds. The highest BCUT2D eigenvalue weighted by Gasteiger charge is 2.22. The van der Waals surface area contributed by atoms with Crippen molar-refractivity contribution in [3.63, 3.8) is 0 Å². The van der Waals surface area contributed by atoms with Gasteiger partial charge >= 0.3 is 0 Å².